The first-order chi connectivity index (χ1) is 7.27. The zero-order valence-corrected chi connectivity index (χ0v) is 8.70. The maximum Gasteiger partial charge on any atom is 0.253 e. The molecule has 0 aromatic carbocycles. The van der Waals surface area contributed by atoms with Gasteiger partial charge >= 0.3 is 0 Å². The van der Waals surface area contributed by atoms with Crippen LogP contribution in [0, 0.1) is 0 Å². The summed E-state index contributed by atoms with van der Waals surface area (Å²) in [6.07, 6.45) is 2.88. The Kier molecular flexibility index (Phi) is 3.20. The van der Waals surface area contributed by atoms with Crippen molar-refractivity contribution >= 4 is 11.8 Å². The molecule has 0 spiro atoms. The minimum Gasteiger partial charge on any atom is -0.357 e. The zero-order valence-electron chi connectivity index (χ0n) is 8.70. The molecule has 0 bridgehead atoms. The van der Waals surface area contributed by atoms with Crippen LogP contribution in [0.5, 0.6) is 0 Å². The van der Waals surface area contributed by atoms with Crippen molar-refractivity contribution in [3.05, 3.63) is 0 Å². The predicted octanol–water partition coefficient (Wildman–Crippen LogP) is -0.486. The lowest BCUT2D eigenvalue weighted by Gasteiger charge is -2.31. The fourth-order valence-electron chi connectivity index (χ4n) is 1.97. The van der Waals surface area contributed by atoms with Gasteiger partial charge in [0.25, 0.3) is 5.91 Å². The molecule has 2 aliphatic rings. The summed E-state index contributed by atoms with van der Waals surface area (Å²) in [6, 6.07) is 0. The number of hydrogen-bond acceptors (Lipinski definition) is 3. The van der Waals surface area contributed by atoms with Crippen molar-refractivity contribution in [1.82, 2.24) is 10.2 Å². The number of rotatable bonds is 1. The first-order valence-electron chi connectivity index (χ1n) is 5.44. The lowest BCUT2D eigenvalue weighted by atomic mass is 10.1. The maximum atomic E-state index is 11.9. The minimum absolute atomic E-state index is 0.00421. The van der Waals surface area contributed by atoms with Crippen LogP contribution < -0.4 is 5.32 Å². The number of carbonyl (C=O) groups excluding carboxylic acids is 2. The number of amides is 2. The van der Waals surface area contributed by atoms with Gasteiger partial charge in [-0.2, -0.15) is 0 Å². The molecule has 2 aliphatic heterocycles. The predicted molar refractivity (Wildman–Crippen MR) is 53.2 cm³/mol. The molecule has 15 heavy (non-hydrogen) atoms. The van der Waals surface area contributed by atoms with Crippen molar-refractivity contribution in [3.8, 4) is 0 Å². The summed E-state index contributed by atoms with van der Waals surface area (Å²) < 4.78 is 5.20. The standard InChI is InChI=1S/C10H16N2O3/c13-9-7-15-8(6-11-9)10(14)12-4-2-1-3-5-12/h8H,1-7H2,(H,11,13). The van der Waals surface area contributed by atoms with Crippen molar-refractivity contribution in [2.24, 2.45) is 0 Å². The molecule has 2 heterocycles. The summed E-state index contributed by atoms with van der Waals surface area (Å²) in [6.45, 7) is 1.97. The van der Waals surface area contributed by atoms with Crippen LogP contribution >= 0.6 is 0 Å². The molecule has 2 amide bonds. The molecule has 5 nitrogen and oxygen atoms in total. The minimum atomic E-state index is -0.471. The summed E-state index contributed by atoms with van der Waals surface area (Å²) in [5, 5.41) is 2.64. The van der Waals surface area contributed by atoms with Crippen LogP contribution in [0.15, 0.2) is 0 Å². The van der Waals surface area contributed by atoms with E-state index in [1.807, 2.05) is 4.90 Å². The highest BCUT2D eigenvalue weighted by atomic mass is 16.5. The fourth-order valence-corrected chi connectivity index (χ4v) is 1.97. The van der Waals surface area contributed by atoms with Crippen LogP contribution in [-0.2, 0) is 14.3 Å². The molecule has 2 rings (SSSR count). The molecule has 0 aromatic rings. The summed E-state index contributed by atoms with van der Waals surface area (Å²) in [5.74, 6) is -0.118. The molecule has 0 aliphatic carbocycles. The third-order valence-electron chi connectivity index (χ3n) is 2.84. The van der Waals surface area contributed by atoms with E-state index in [-0.39, 0.29) is 18.4 Å². The van der Waals surface area contributed by atoms with Crippen LogP contribution in [0.1, 0.15) is 19.3 Å². The fraction of sp³-hybridized carbons (Fsp3) is 0.800. The van der Waals surface area contributed by atoms with E-state index in [2.05, 4.69) is 5.32 Å². The van der Waals surface area contributed by atoms with E-state index in [0.717, 1.165) is 25.9 Å². The van der Waals surface area contributed by atoms with Gasteiger partial charge in [0.05, 0.1) is 6.54 Å². The number of carbonyl (C=O) groups is 2. The van der Waals surface area contributed by atoms with Crippen molar-refractivity contribution in [2.75, 3.05) is 26.2 Å². The Morgan fingerprint density at radius 3 is 2.67 bits per heavy atom. The molecular formula is C10H16N2O3. The normalized spacial score (nSPS) is 27.3. The Hall–Kier alpha value is -1.10. The Morgan fingerprint density at radius 2 is 2.07 bits per heavy atom. The second-order valence-corrected chi connectivity index (χ2v) is 3.99. The third-order valence-corrected chi connectivity index (χ3v) is 2.84. The summed E-state index contributed by atoms with van der Waals surface area (Å²) in [5.41, 5.74) is 0. The average Bonchev–Trinajstić information content (AvgIpc) is 2.30. The highest BCUT2D eigenvalue weighted by Gasteiger charge is 2.29. The van der Waals surface area contributed by atoms with Gasteiger partial charge < -0.3 is 15.0 Å². The van der Waals surface area contributed by atoms with Crippen molar-refractivity contribution in [2.45, 2.75) is 25.4 Å². The number of morpholine rings is 1. The van der Waals surface area contributed by atoms with E-state index in [1.54, 1.807) is 0 Å². The zero-order chi connectivity index (χ0) is 10.7. The van der Waals surface area contributed by atoms with Gasteiger partial charge in [0.1, 0.15) is 6.61 Å². The van der Waals surface area contributed by atoms with Gasteiger partial charge in [0, 0.05) is 13.1 Å². The second kappa shape index (κ2) is 4.61. The number of nitrogens with one attached hydrogen (secondary N) is 1. The molecular weight excluding hydrogens is 196 g/mol. The molecule has 2 fully saturated rings. The lowest BCUT2D eigenvalue weighted by molar-refractivity contribution is -0.151. The monoisotopic (exact) mass is 212 g/mol. The third kappa shape index (κ3) is 2.47. The van der Waals surface area contributed by atoms with Gasteiger partial charge in [-0.05, 0) is 19.3 Å². The number of piperidine rings is 1. The molecule has 5 heteroatoms. The molecule has 2 saturated heterocycles. The first kappa shape index (κ1) is 10.4. The molecule has 0 saturated carbocycles. The molecule has 84 valence electrons. The van der Waals surface area contributed by atoms with E-state index < -0.39 is 6.10 Å². The smallest absolute Gasteiger partial charge is 0.253 e. The Labute approximate surface area is 88.8 Å². The second-order valence-electron chi connectivity index (χ2n) is 3.99. The van der Waals surface area contributed by atoms with Crippen LogP contribution in [-0.4, -0.2) is 49.1 Å². The molecule has 0 aromatic heterocycles. The molecule has 1 unspecified atom stereocenters. The first-order valence-corrected chi connectivity index (χ1v) is 5.44. The number of nitrogens with zero attached hydrogens (tertiary/aromatic N) is 1. The highest BCUT2D eigenvalue weighted by Crippen LogP contribution is 2.11. The molecule has 0 radical (unpaired) electrons. The summed E-state index contributed by atoms with van der Waals surface area (Å²) in [7, 11) is 0. The number of likely N-dealkylation sites (tertiary alicyclic amines) is 1. The van der Waals surface area contributed by atoms with Gasteiger partial charge in [-0.3, -0.25) is 9.59 Å². The largest absolute Gasteiger partial charge is 0.357 e. The van der Waals surface area contributed by atoms with Gasteiger partial charge in [0.2, 0.25) is 5.91 Å². The quantitative estimate of drug-likeness (QED) is 0.638. The van der Waals surface area contributed by atoms with Crippen molar-refractivity contribution < 1.29 is 14.3 Å². The van der Waals surface area contributed by atoms with Crippen molar-refractivity contribution in [3.63, 3.8) is 0 Å². The number of ether oxygens (including phenoxy) is 1. The van der Waals surface area contributed by atoms with Crippen LogP contribution in [0.25, 0.3) is 0 Å². The Morgan fingerprint density at radius 1 is 1.33 bits per heavy atom. The molecule has 1 atom stereocenters. The van der Waals surface area contributed by atoms with E-state index in [9.17, 15) is 9.59 Å². The van der Waals surface area contributed by atoms with Crippen LogP contribution in [0.2, 0.25) is 0 Å². The van der Waals surface area contributed by atoms with Gasteiger partial charge in [-0.25, -0.2) is 0 Å². The van der Waals surface area contributed by atoms with Gasteiger partial charge in [0.15, 0.2) is 6.10 Å². The van der Waals surface area contributed by atoms with Crippen LogP contribution in [0.3, 0.4) is 0 Å². The lowest BCUT2D eigenvalue weighted by Crippen LogP contribution is -2.52. The Bertz CT molecular complexity index is 251. The van der Waals surface area contributed by atoms with Crippen LogP contribution in [0.4, 0.5) is 0 Å². The topological polar surface area (TPSA) is 58.6 Å². The summed E-state index contributed by atoms with van der Waals surface area (Å²) >= 11 is 0. The van der Waals surface area contributed by atoms with E-state index in [4.69, 9.17) is 4.74 Å². The van der Waals surface area contributed by atoms with Gasteiger partial charge in [-0.1, -0.05) is 0 Å². The SMILES string of the molecule is O=C1COC(C(=O)N2CCCCC2)CN1. The highest BCUT2D eigenvalue weighted by molar-refractivity contribution is 5.85. The average molecular weight is 212 g/mol. The number of hydrogen-bond donors (Lipinski definition) is 1. The van der Waals surface area contributed by atoms with E-state index >= 15 is 0 Å². The van der Waals surface area contributed by atoms with Gasteiger partial charge in [-0.15, -0.1) is 0 Å². The van der Waals surface area contributed by atoms with E-state index in [0.29, 0.717) is 6.54 Å². The molecule has 1 N–H and O–H groups in total. The van der Waals surface area contributed by atoms with E-state index in [1.165, 1.54) is 6.42 Å². The van der Waals surface area contributed by atoms with Crippen molar-refractivity contribution in [1.29, 1.82) is 0 Å². The summed E-state index contributed by atoms with van der Waals surface area (Å²) in [4.78, 5) is 24.6. The Balaban J connectivity index is 1.86. The maximum absolute atomic E-state index is 11.9.